The second kappa shape index (κ2) is 2.40. The third kappa shape index (κ3) is 1.61. The predicted octanol–water partition coefficient (Wildman–Crippen LogP) is -0.0883. The van der Waals surface area contributed by atoms with E-state index in [-0.39, 0.29) is 0 Å². The normalized spacial score (nSPS) is 31.3. The van der Waals surface area contributed by atoms with Crippen LogP contribution in [-0.4, -0.2) is 27.6 Å². The van der Waals surface area contributed by atoms with Crippen molar-refractivity contribution in [3.05, 3.63) is 0 Å². The topological polar surface area (TPSA) is 52.6 Å². The van der Waals surface area contributed by atoms with Gasteiger partial charge in [-0.15, -0.1) is 0 Å². The maximum absolute atomic E-state index is 11.6. The van der Waals surface area contributed by atoms with Crippen LogP contribution in [0.25, 0.3) is 0 Å². The van der Waals surface area contributed by atoms with Crippen molar-refractivity contribution in [3.63, 3.8) is 0 Å². The van der Waals surface area contributed by atoms with Gasteiger partial charge in [-0.2, -0.15) is 8.42 Å². The fraction of sp³-hybridized carbons (Fsp3) is 1.00. The summed E-state index contributed by atoms with van der Waals surface area (Å²) in [6, 6.07) is 0. The fourth-order valence-electron chi connectivity index (χ4n) is 0.472. The molecule has 10 heavy (non-hydrogen) atoms. The quantitative estimate of drug-likeness (QED) is 0.557. The van der Waals surface area contributed by atoms with Crippen LogP contribution >= 0.6 is 0 Å². The Kier molecular flexibility index (Phi) is 1.88. The summed E-state index contributed by atoms with van der Waals surface area (Å²) in [5, 5.41) is 0. The van der Waals surface area contributed by atoms with Crippen molar-refractivity contribution < 1.29 is 25.6 Å². The van der Waals surface area contributed by atoms with E-state index < -0.39 is 29.5 Å². The average Bonchev–Trinajstić information content (AvgIpc) is 2.10. The van der Waals surface area contributed by atoms with Crippen molar-refractivity contribution in [1.82, 2.24) is 0 Å². The summed E-state index contributed by atoms with van der Waals surface area (Å²) < 4.78 is 51.3. The highest BCUT2D eigenvalue weighted by molar-refractivity contribution is 7.82. The Hall–Kier alpha value is -0.270. The molecule has 0 N–H and O–H groups in total. The van der Waals surface area contributed by atoms with Crippen molar-refractivity contribution in [2.75, 3.05) is 6.61 Å². The van der Waals surface area contributed by atoms with Crippen LogP contribution in [0.3, 0.4) is 0 Å². The monoisotopic (exact) mass is 174 g/mol. The van der Waals surface area contributed by atoms with Crippen LogP contribution in [0.5, 0.6) is 0 Å². The van der Waals surface area contributed by atoms with Crippen LogP contribution in [-0.2, 0) is 18.8 Å². The number of hydrogen-bond donors (Lipinski definition) is 0. The first-order valence-electron chi connectivity index (χ1n) is 2.37. The minimum atomic E-state index is -4.12. The Morgan fingerprint density at radius 1 is 1.50 bits per heavy atom. The largest absolute Gasteiger partial charge is 0.400 e. The molecule has 7 heteroatoms. The molecule has 0 aromatic rings. The van der Waals surface area contributed by atoms with Crippen molar-refractivity contribution in [3.8, 4) is 0 Å². The summed E-state index contributed by atoms with van der Waals surface area (Å²) >= 11 is 0. The maximum Gasteiger partial charge on any atom is 0.400 e. The molecule has 1 aliphatic heterocycles. The highest BCUT2D eigenvalue weighted by Crippen LogP contribution is 2.17. The van der Waals surface area contributed by atoms with Gasteiger partial charge < -0.3 is 0 Å². The number of rotatable bonds is 1. The molecule has 1 rings (SSSR count). The van der Waals surface area contributed by atoms with Gasteiger partial charge in [0.15, 0.2) is 6.10 Å². The van der Waals surface area contributed by atoms with E-state index >= 15 is 0 Å². The highest BCUT2D eigenvalue weighted by atomic mass is 32.3. The van der Waals surface area contributed by atoms with Crippen molar-refractivity contribution in [1.29, 1.82) is 0 Å². The van der Waals surface area contributed by atoms with E-state index in [1.54, 1.807) is 0 Å². The summed E-state index contributed by atoms with van der Waals surface area (Å²) in [6.45, 7) is -0.597. The van der Waals surface area contributed by atoms with Crippen molar-refractivity contribution >= 4 is 10.4 Å². The first kappa shape index (κ1) is 7.83. The molecule has 0 radical (unpaired) electrons. The van der Waals surface area contributed by atoms with Crippen LogP contribution in [0.4, 0.5) is 8.78 Å². The molecule has 0 aromatic carbocycles. The minimum absolute atomic E-state index is 0.597. The van der Waals surface area contributed by atoms with E-state index in [1.165, 1.54) is 0 Å². The Labute approximate surface area is 56.1 Å². The fourth-order valence-corrected chi connectivity index (χ4v) is 1.27. The number of halogens is 2. The molecule has 60 valence electrons. The summed E-state index contributed by atoms with van der Waals surface area (Å²) in [4.78, 5) is 0. The lowest BCUT2D eigenvalue weighted by atomic mass is 10.4. The van der Waals surface area contributed by atoms with Crippen LogP contribution in [0.1, 0.15) is 0 Å². The van der Waals surface area contributed by atoms with Crippen molar-refractivity contribution in [2.45, 2.75) is 12.5 Å². The van der Waals surface area contributed by atoms with Crippen LogP contribution in [0.15, 0.2) is 0 Å². The summed E-state index contributed by atoms with van der Waals surface area (Å²) in [5.41, 5.74) is 0. The van der Waals surface area contributed by atoms with Gasteiger partial charge in [-0.05, 0) is 0 Å². The molecule has 1 heterocycles. The molecular formula is C3H4F2O4S. The Balaban J connectivity index is 2.60. The first-order valence-corrected chi connectivity index (χ1v) is 3.70. The van der Waals surface area contributed by atoms with Gasteiger partial charge in [0.25, 0.3) is 6.43 Å². The van der Waals surface area contributed by atoms with E-state index in [9.17, 15) is 17.2 Å². The van der Waals surface area contributed by atoms with E-state index in [0.29, 0.717) is 0 Å². The molecule has 1 fully saturated rings. The van der Waals surface area contributed by atoms with Gasteiger partial charge in [0.1, 0.15) is 6.61 Å². The third-order valence-corrected chi connectivity index (χ3v) is 1.81. The van der Waals surface area contributed by atoms with Gasteiger partial charge in [-0.3, -0.25) is 0 Å². The van der Waals surface area contributed by atoms with Gasteiger partial charge in [-0.25, -0.2) is 17.1 Å². The number of hydrogen-bond acceptors (Lipinski definition) is 4. The minimum Gasteiger partial charge on any atom is -0.245 e. The molecule has 0 saturated carbocycles. The average molecular weight is 174 g/mol. The lowest BCUT2D eigenvalue weighted by molar-refractivity contribution is 0.0244. The molecule has 0 aliphatic carbocycles. The maximum atomic E-state index is 11.6. The third-order valence-electron chi connectivity index (χ3n) is 0.899. The lowest BCUT2D eigenvalue weighted by Gasteiger charge is -2.00. The van der Waals surface area contributed by atoms with E-state index in [1.807, 2.05) is 0 Å². The van der Waals surface area contributed by atoms with E-state index in [4.69, 9.17) is 0 Å². The zero-order chi connectivity index (χ0) is 7.78. The SMILES string of the molecule is O=S1(=O)OC[C@H](C(F)F)O1. The van der Waals surface area contributed by atoms with Gasteiger partial charge in [0.2, 0.25) is 0 Å². The molecule has 1 atom stereocenters. The highest BCUT2D eigenvalue weighted by Gasteiger charge is 2.36. The van der Waals surface area contributed by atoms with Crippen molar-refractivity contribution in [2.24, 2.45) is 0 Å². The summed E-state index contributed by atoms with van der Waals surface area (Å²) in [7, 11) is -4.12. The molecule has 0 bridgehead atoms. The first-order chi connectivity index (χ1) is 4.51. The molecule has 0 unspecified atom stereocenters. The Morgan fingerprint density at radius 3 is 2.30 bits per heavy atom. The molecule has 0 amide bonds. The lowest BCUT2D eigenvalue weighted by Crippen LogP contribution is -2.19. The molecule has 1 saturated heterocycles. The second-order valence-corrected chi connectivity index (χ2v) is 2.91. The predicted molar refractivity (Wildman–Crippen MR) is 25.7 cm³/mol. The summed E-state index contributed by atoms with van der Waals surface area (Å²) in [5.74, 6) is 0. The smallest absolute Gasteiger partial charge is 0.245 e. The standard InChI is InChI=1S/C3H4F2O4S/c4-3(5)2-1-8-10(6,7)9-2/h2-3H,1H2/t2-/m1/s1. The Bertz CT molecular complexity index is 211. The van der Waals surface area contributed by atoms with Gasteiger partial charge in [0.05, 0.1) is 0 Å². The second-order valence-electron chi connectivity index (χ2n) is 1.66. The van der Waals surface area contributed by atoms with E-state index in [2.05, 4.69) is 8.37 Å². The zero-order valence-corrected chi connectivity index (χ0v) is 5.48. The van der Waals surface area contributed by atoms with Gasteiger partial charge in [-0.1, -0.05) is 0 Å². The Morgan fingerprint density at radius 2 is 2.10 bits per heavy atom. The molecule has 1 aliphatic rings. The van der Waals surface area contributed by atoms with Gasteiger partial charge in [0, 0.05) is 0 Å². The molecule has 0 aromatic heterocycles. The van der Waals surface area contributed by atoms with Crippen LogP contribution in [0.2, 0.25) is 0 Å². The van der Waals surface area contributed by atoms with Crippen LogP contribution < -0.4 is 0 Å². The van der Waals surface area contributed by atoms with E-state index in [0.717, 1.165) is 0 Å². The molecular weight excluding hydrogens is 170 g/mol. The number of alkyl halides is 2. The molecule has 4 nitrogen and oxygen atoms in total. The summed E-state index contributed by atoms with van der Waals surface area (Å²) in [6.07, 6.45) is -4.46. The zero-order valence-electron chi connectivity index (χ0n) is 4.66. The molecule has 0 spiro atoms. The van der Waals surface area contributed by atoms with Crippen LogP contribution in [0, 0.1) is 0 Å². The van der Waals surface area contributed by atoms with Gasteiger partial charge >= 0.3 is 10.4 Å².